The van der Waals surface area contributed by atoms with Gasteiger partial charge in [0.1, 0.15) is 11.8 Å². The highest BCUT2D eigenvalue weighted by Crippen LogP contribution is 2.24. The standard InChI is InChI=1S/C13H17BrN4O2.ClH/c1-7-11(14)8(5-15)12(17-7)13(19)18-9-3-4-16-6-10(9)20-2;/h9-10,16-17H,3-4,6H2,1-2H3,(H,18,19);1H/t9-,10-;/m1./s1. The van der Waals surface area contributed by atoms with Crippen molar-refractivity contribution in [2.75, 3.05) is 20.2 Å². The molecule has 116 valence electrons. The van der Waals surface area contributed by atoms with Crippen LogP contribution in [0.2, 0.25) is 0 Å². The molecule has 1 aromatic heterocycles. The Morgan fingerprint density at radius 1 is 1.57 bits per heavy atom. The fourth-order valence-corrected chi connectivity index (χ4v) is 2.75. The second-order valence-electron chi connectivity index (χ2n) is 4.77. The maximum Gasteiger partial charge on any atom is 0.269 e. The second kappa shape index (κ2) is 7.80. The SMILES string of the molecule is CO[C@@H]1CNCC[C@H]1NC(=O)c1[nH]c(C)c(Br)c1C#N.Cl. The molecule has 0 saturated carbocycles. The van der Waals surface area contributed by atoms with Crippen molar-refractivity contribution < 1.29 is 9.53 Å². The third kappa shape index (κ3) is 3.77. The van der Waals surface area contributed by atoms with Crippen LogP contribution in [0.1, 0.15) is 28.2 Å². The van der Waals surface area contributed by atoms with Crippen LogP contribution in [-0.2, 0) is 4.74 Å². The first-order valence-corrected chi connectivity index (χ1v) is 7.20. The fourth-order valence-electron chi connectivity index (χ4n) is 2.36. The van der Waals surface area contributed by atoms with E-state index >= 15 is 0 Å². The number of aromatic amines is 1. The Morgan fingerprint density at radius 3 is 2.90 bits per heavy atom. The average Bonchev–Trinajstić information content (AvgIpc) is 2.75. The molecule has 1 aliphatic heterocycles. The van der Waals surface area contributed by atoms with Crippen LogP contribution in [0.5, 0.6) is 0 Å². The molecule has 1 amide bonds. The van der Waals surface area contributed by atoms with E-state index in [1.807, 2.05) is 13.0 Å². The quantitative estimate of drug-likeness (QED) is 0.744. The van der Waals surface area contributed by atoms with Crippen LogP contribution in [0, 0.1) is 18.3 Å². The molecule has 0 radical (unpaired) electrons. The summed E-state index contributed by atoms with van der Waals surface area (Å²) in [4.78, 5) is 15.3. The van der Waals surface area contributed by atoms with Crippen molar-refractivity contribution in [1.29, 1.82) is 5.26 Å². The van der Waals surface area contributed by atoms with Crippen molar-refractivity contribution >= 4 is 34.2 Å². The van der Waals surface area contributed by atoms with Crippen LogP contribution in [-0.4, -0.2) is 43.2 Å². The normalized spacial score (nSPS) is 21.2. The zero-order valence-corrected chi connectivity index (χ0v) is 14.2. The minimum atomic E-state index is -0.274. The monoisotopic (exact) mass is 376 g/mol. The summed E-state index contributed by atoms with van der Waals surface area (Å²) in [6, 6.07) is 1.99. The summed E-state index contributed by atoms with van der Waals surface area (Å²) in [6.45, 7) is 3.35. The Balaban J connectivity index is 0.00000220. The minimum absolute atomic E-state index is 0. The van der Waals surface area contributed by atoms with Gasteiger partial charge in [0.2, 0.25) is 0 Å². The molecule has 3 N–H and O–H groups in total. The van der Waals surface area contributed by atoms with E-state index in [1.54, 1.807) is 7.11 Å². The first-order chi connectivity index (χ1) is 9.58. The Kier molecular flexibility index (Phi) is 6.68. The number of halogens is 2. The van der Waals surface area contributed by atoms with E-state index in [4.69, 9.17) is 10.00 Å². The first-order valence-electron chi connectivity index (χ1n) is 6.41. The molecular weight excluding hydrogens is 360 g/mol. The molecule has 1 aromatic rings. The van der Waals surface area contributed by atoms with Gasteiger partial charge < -0.3 is 20.4 Å². The van der Waals surface area contributed by atoms with E-state index in [1.165, 1.54) is 0 Å². The van der Waals surface area contributed by atoms with E-state index in [0.717, 1.165) is 18.7 Å². The Labute approximate surface area is 138 Å². The Morgan fingerprint density at radius 2 is 2.29 bits per heavy atom. The van der Waals surface area contributed by atoms with Crippen LogP contribution in [0.15, 0.2) is 4.47 Å². The minimum Gasteiger partial charge on any atom is -0.378 e. The van der Waals surface area contributed by atoms with Crippen LogP contribution in [0.3, 0.4) is 0 Å². The van der Waals surface area contributed by atoms with E-state index in [9.17, 15) is 4.79 Å². The van der Waals surface area contributed by atoms with Gasteiger partial charge in [-0.15, -0.1) is 12.4 Å². The molecule has 21 heavy (non-hydrogen) atoms. The molecular formula is C13H18BrClN4O2. The third-order valence-corrected chi connectivity index (χ3v) is 4.49. The summed E-state index contributed by atoms with van der Waals surface area (Å²) < 4.78 is 6.00. The summed E-state index contributed by atoms with van der Waals surface area (Å²) >= 11 is 3.31. The number of nitrogens with zero attached hydrogens (tertiary/aromatic N) is 1. The van der Waals surface area contributed by atoms with Gasteiger partial charge in [-0.1, -0.05) is 0 Å². The smallest absolute Gasteiger partial charge is 0.269 e. The van der Waals surface area contributed by atoms with Gasteiger partial charge in [-0.3, -0.25) is 4.79 Å². The maximum atomic E-state index is 12.3. The number of nitriles is 1. The van der Waals surface area contributed by atoms with Gasteiger partial charge in [-0.25, -0.2) is 0 Å². The van der Waals surface area contributed by atoms with Crippen LogP contribution < -0.4 is 10.6 Å². The highest BCUT2D eigenvalue weighted by molar-refractivity contribution is 9.10. The highest BCUT2D eigenvalue weighted by atomic mass is 79.9. The fraction of sp³-hybridized carbons (Fsp3) is 0.538. The summed E-state index contributed by atoms with van der Waals surface area (Å²) in [6.07, 6.45) is 0.741. The molecule has 0 unspecified atom stereocenters. The zero-order valence-electron chi connectivity index (χ0n) is 11.8. The van der Waals surface area contributed by atoms with E-state index in [0.29, 0.717) is 22.3 Å². The number of ether oxygens (including phenoxy) is 1. The van der Waals surface area contributed by atoms with E-state index in [2.05, 4.69) is 31.5 Å². The average molecular weight is 378 g/mol. The molecule has 2 heterocycles. The summed E-state index contributed by atoms with van der Waals surface area (Å²) in [5, 5.41) is 15.3. The number of aromatic nitrogens is 1. The van der Waals surface area contributed by atoms with Crippen molar-refractivity contribution in [3.8, 4) is 6.07 Å². The Bertz CT molecular complexity index is 555. The number of nitrogens with one attached hydrogen (secondary N) is 3. The van der Waals surface area contributed by atoms with Crippen molar-refractivity contribution in [3.05, 3.63) is 21.4 Å². The molecule has 1 saturated heterocycles. The lowest BCUT2D eigenvalue weighted by Gasteiger charge is -2.31. The molecule has 8 heteroatoms. The molecule has 0 bridgehead atoms. The lowest BCUT2D eigenvalue weighted by Crippen LogP contribution is -2.53. The van der Waals surface area contributed by atoms with Gasteiger partial charge in [0, 0.05) is 19.3 Å². The lowest BCUT2D eigenvalue weighted by atomic mass is 10.0. The molecule has 2 rings (SSSR count). The number of carbonyl (C=O) groups is 1. The molecule has 2 atom stereocenters. The van der Waals surface area contributed by atoms with Gasteiger partial charge in [0.25, 0.3) is 5.91 Å². The van der Waals surface area contributed by atoms with E-state index in [-0.39, 0.29) is 30.5 Å². The summed E-state index contributed by atoms with van der Waals surface area (Å²) in [5.74, 6) is -0.274. The second-order valence-corrected chi connectivity index (χ2v) is 5.57. The topological polar surface area (TPSA) is 89.9 Å². The van der Waals surface area contributed by atoms with Gasteiger partial charge in [-0.2, -0.15) is 5.26 Å². The molecule has 0 spiro atoms. The number of H-pyrrole nitrogens is 1. The number of carbonyl (C=O) groups excluding carboxylic acids is 1. The van der Waals surface area contributed by atoms with Gasteiger partial charge in [0.05, 0.1) is 22.2 Å². The number of hydrogen-bond acceptors (Lipinski definition) is 4. The number of hydrogen-bond donors (Lipinski definition) is 3. The maximum absolute atomic E-state index is 12.3. The number of methoxy groups -OCH3 is 1. The van der Waals surface area contributed by atoms with Crippen molar-refractivity contribution in [2.45, 2.75) is 25.5 Å². The number of piperidine rings is 1. The number of aryl methyl sites for hydroxylation is 1. The summed E-state index contributed by atoms with van der Waals surface area (Å²) in [5.41, 5.74) is 1.40. The summed E-state index contributed by atoms with van der Waals surface area (Å²) in [7, 11) is 1.63. The van der Waals surface area contributed by atoms with Crippen molar-refractivity contribution in [1.82, 2.24) is 15.6 Å². The third-order valence-electron chi connectivity index (χ3n) is 3.50. The molecule has 0 aromatic carbocycles. The molecule has 6 nitrogen and oxygen atoms in total. The molecule has 1 aliphatic rings. The number of rotatable bonds is 3. The number of amides is 1. The highest BCUT2D eigenvalue weighted by Gasteiger charge is 2.28. The van der Waals surface area contributed by atoms with Crippen LogP contribution in [0.4, 0.5) is 0 Å². The van der Waals surface area contributed by atoms with Crippen LogP contribution in [0.25, 0.3) is 0 Å². The van der Waals surface area contributed by atoms with Gasteiger partial charge >= 0.3 is 0 Å². The molecule has 1 fully saturated rings. The predicted octanol–water partition coefficient (Wildman–Crippen LogP) is 1.49. The predicted molar refractivity (Wildman–Crippen MR) is 84.7 cm³/mol. The Hall–Kier alpha value is -1.07. The largest absolute Gasteiger partial charge is 0.378 e. The lowest BCUT2D eigenvalue weighted by molar-refractivity contribution is 0.0475. The van der Waals surface area contributed by atoms with E-state index < -0.39 is 0 Å². The van der Waals surface area contributed by atoms with Gasteiger partial charge in [-0.05, 0) is 35.8 Å². The van der Waals surface area contributed by atoms with Crippen LogP contribution >= 0.6 is 28.3 Å². The first kappa shape index (κ1) is 18.0. The van der Waals surface area contributed by atoms with Gasteiger partial charge in [0.15, 0.2) is 0 Å². The molecule has 0 aliphatic carbocycles. The van der Waals surface area contributed by atoms with Crippen molar-refractivity contribution in [3.63, 3.8) is 0 Å². The van der Waals surface area contributed by atoms with Crippen molar-refractivity contribution in [2.24, 2.45) is 0 Å². The zero-order chi connectivity index (χ0) is 14.7.